The first kappa shape index (κ1) is 8.38. The summed E-state index contributed by atoms with van der Waals surface area (Å²) in [7, 11) is 1.63. The van der Waals surface area contributed by atoms with Gasteiger partial charge >= 0.3 is 0 Å². The normalized spacial score (nSPS) is 10.6. The van der Waals surface area contributed by atoms with Crippen molar-refractivity contribution in [2.75, 3.05) is 7.11 Å². The van der Waals surface area contributed by atoms with Crippen molar-refractivity contribution in [2.45, 2.75) is 5.88 Å². The van der Waals surface area contributed by atoms with Crippen molar-refractivity contribution in [3.8, 4) is 5.75 Å². The van der Waals surface area contributed by atoms with E-state index in [1.165, 1.54) is 0 Å². The SMILES string of the molecule is COc1cccn2cc(CCl)nc12. The summed E-state index contributed by atoms with van der Waals surface area (Å²) < 4.78 is 7.06. The Bertz CT molecular complexity index is 424. The van der Waals surface area contributed by atoms with Crippen molar-refractivity contribution in [1.29, 1.82) is 0 Å². The number of alkyl halides is 1. The zero-order chi connectivity index (χ0) is 9.26. The van der Waals surface area contributed by atoms with Crippen LogP contribution in [0.25, 0.3) is 5.65 Å². The highest BCUT2D eigenvalue weighted by Gasteiger charge is 2.04. The van der Waals surface area contributed by atoms with Crippen LogP contribution in [0.15, 0.2) is 24.5 Å². The molecule has 0 amide bonds. The molecule has 0 bridgehead atoms. The van der Waals surface area contributed by atoms with Gasteiger partial charge in [0.25, 0.3) is 0 Å². The molecule has 2 aromatic rings. The number of imidazole rings is 1. The van der Waals surface area contributed by atoms with Crippen LogP contribution >= 0.6 is 11.6 Å². The number of ether oxygens (including phenoxy) is 1. The Kier molecular flexibility index (Phi) is 2.10. The fraction of sp³-hybridized carbons (Fsp3) is 0.222. The molecule has 0 aliphatic heterocycles. The molecule has 0 fully saturated rings. The first-order valence-corrected chi connectivity index (χ1v) is 4.45. The van der Waals surface area contributed by atoms with Gasteiger partial charge in [0.2, 0.25) is 0 Å². The highest BCUT2D eigenvalue weighted by atomic mass is 35.5. The molecule has 0 unspecified atom stereocenters. The lowest BCUT2D eigenvalue weighted by atomic mass is 10.4. The maximum absolute atomic E-state index is 5.68. The zero-order valence-corrected chi connectivity index (χ0v) is 7.95. The molecular weight excluding hydrogens is 188 g/mol. The third-order valence-electron chi connectivity index (χ3n) is 1.85. The number of aromatic nitrogens is 2. The highest BCUT2D eigenvalue weighted by Crippen LogP contribution is 2.18. The van der Waals surface area contributed by atoms with Gasteiger partial charge in [-0.25, -0.2) is 4.98 Å². The van der Waals surface area contributed by atoms with Crippen molar-refractivity contribution in [3.63, 3.8) is 0 Å². The average molecular weight is 197 g/mol. The van der Waals surface area contributed by atoms with Crippen LogP contribution in [-0.4, -0.2) is 16.5 Å². The molecule has 0 spiro atoms. The van der Waals surface area contributed by atoms with Crippen molar-refractivity contribution >= 4 is 17.2 Å². The molecule has 13 heavy (non-hydrogen) atoms. The Hall–Kier alpha value is -1.22. The monoisotopic (exact) mass is 196 g/mol. The zero-order valence-electron chi connectivity index (χ0n) is 7.20. The minimum atomic E-state index is 0.421. The van der Waals surface area contributed by atoms with Gasteiger partial charge in [-0.15, -0.1) is 11.6 Å². The Morgan fingerprint density at radius 3 is 3.15 bits per heavy atom. The summed E-state index contributed by atoms with van der Waals surface area (Å²) in [5.41, 5.74) is 1.66. The average Bonchev–Trinajstić information content (AvgIpc) is 2.59. The number of rotatable bonds is 2. The largest absolute Gasteiger partial charge is 0.493 e. The van der Waals surface area contributed by atoms with Crippen LogP contribution in [0.2, 0.25) is 0 Å². The fourth-order valence-corrected chi connectivity index (χ4v) is 1.39. The maximum Gasteiger partial charge on any atom is 0.179 e. The summed E-state index contributed by atoms with van der Waals surface area (Å²) in [6, 6.07) is 3.78. The van der Waals surface area contributed by atoms with E-state index in [0.717, 1.165) is 17.1 Å². The number of fused-ring (bicyclic) bond motifs is 1. The molecule has 2 aromatic heterocycles. The molecule has 0 saturated carbocycles. The van der Waals surface area contributed by atoms with Crippen LogP contribution < -0.4 is 4.74 Å². The number of hydrogen-bond acceptors (Lipinski definition) is 2. The molecule has 0 saturated heterocycles. The second-order valence-corrected chi connectivity index (χ2v) is 2.94. The summed E-state index contributed by atoms with van der Waals surface area (Å²) in [5.74, 6) is 1.18. The number of methoxy groups -OCH3 is 1. The van der Waals surface area contributed by atoms with Crippen LogP contribution in [0.4, 0.5) is 0 Å². The van der Waals surface area contributed by atoms with Crippen molar-refractivity contribution in [1.82, 2.24) is 9.38 Å². The summed E-state index contributed by atoms with van der Waals surface area (Å²) >= 11 is 5.68. The second kappa shape index (κ2) is 3.26. The summed E-state index contributed by atoms with van der Waals surface area (Å²) in [4.78, 5) is 4.31. The minimum absolute atomic E-state index is 0.421. The number of halogens is 1. The first-order chi connectivity index (χ1) is 6.35. The lowest BCUT2D eigenvalue weighted by Gasteiger charge is -1.99. The van der Waals surface area contributed by atoms with Crippen LogP contribution in [-0.2, 0) is 5.88 Å². The predicted octanol–water partition coefficient (Wildman–Crippen LogP) is 2.08. The fourth-order valence-electron chi connectivity index (χ4n) is 1.26. The molecule has 3 nitrogen and oxygen atoms in total. The molecular formula is C9H9ClN2O. The summed E-state index contributed by atoms with van der Waals surface area (Å²) in [5, 5.41) is 0. The molecule has 0 aromatic carbocycles. The van der Waals surface area contributed by atoms with Gasteiger partial charge in [0.1, 0.15) is 0 Å². The highest BCUT2D eigenvalue weighted by molar-refractivity contribution is 6.16. The van der Waals surface area contributed by atoms with Crippen molar-refractivity contribution < 1.29 is 4.74 Å². The Labute approximate surface area is 80.9 Å². The third-order valence-corrected chi connectivity index (χ3v) is 2.13. The van der Waals surface area contributed by atoms with E-state index in [1.807, 2.05) is 28.9 Å². The van der Waals surface area contributed by atoms with E-state index in [2.05, 4.69) is 4.98 Å². The topological polar surface area (TPSA) is 26.5 Å². The molecule has 0 atom stereocenters. The van der Waals surface area contributed by atoms with Crippen LogP contribution in [0.1, 0.15) is 5.69 Å². The Balaban J connectivity index is 2.67. The lowest BCUT2D eigenvalue weighted by molar-refractivity contribution is 0.417. The smallest absolute Gasteiger partial charge is 0.179 e. The predicted molar refractivity (Wildman–Crippen MR) is 51.3 cm³/mol. The molecule has 0 N–H and O–H groups in total. The van der Waals surface area contributed by atoms with E-state index < -0.39 is 0 Å². The van der Waals surface area contributed by atoms with Gasteiger partial charge in [-0.1, -0.05) is 0 Å². The standard InChI is InChI=1S/C9H9ClN2O/c1-13-8-3-2-4-12-6-7(5-10)11-9(8)12/h2-4,6H,5H2,1H3. The summed E-state index contributed by atoms with van der Waals surface area (Å²) in [6.07, 6.45) is 3.81. The van der Waals surface area contributed by atoms with Gasteiger partial charge in [0.15, 0.2) is 11.4 Å². The third kappa shape index (κ3) is 1.35. The number of pyridine rings is 1. The second-order valence-electron chi connectivity index (χ2n) is 2.67. The number of nitrogens with zero attached hydrogens (tertiary/aromatic N) is 2. The van der Waals surface area contributed by atoms with Crippen LogP contribution in [0.5, 0.6) is 5.75 Å². The molecule has 2 heterocycles. The quantitative estimate of drug-likeness (QED) is 0.688. The van der Waals surface area contributed by atoms with E-state index in [1.54, 1.807) is 7.11 Å². The molecule has 0 radical (unpaired) electrons. The van der Waals surface area contributed by atoms with Gasteiger partial charge in [-0.3, -0.25) is 0 Å². The lowest BCUT2D eigenvalue weighted by Crippen LogP contribution is -1.88. The van der Waals surface area contributed by atoms with Gasteiger partial charge < -0.3 is 9.14 Å². The molecule has 0 aliphatic rings. The summed E-state index contributed by atoms with van der Waals surface area (Å²) in [6.45, 7) is 0. The van der Waals surface area contributed by atoms with Crippen LogP contribution in [0, 0.1) is 0 Å². The molecule has 68 valence electrons. The maximum atomic E-state index is 5.68. The number of hydrogen-bond donors (Lipinski definition) is 0. The van der Waals surface area contributed by atoms with E-state index >= 15 is 0 Å². The molecule has 2 rings (SSSR count). The van der Waals surface area contributed by atoms with Crippen molar-refractivity contribution in [3.05, 3.63) is 30.2 Å². The van der Waals surface area contributed by atoms with Gasteiger partial charge in [-0.2, -0.15) is 0 Å². The minimum Gasteiger partial charge on any atom is -0.493 e. The van der Waals surface area contributed by atoms with Crippen molar-refractivity contribution in [2.24, 2.45) is 0 Å². The first-order valence-electron chi connectivity index (χ1n) is 3.91. The van der Waals surface area contributed by atoms with E-state index in [9.17, 15) is 0 Å². The Morgan fingerprint density at radius 2 is 2.46 bits per heavy atom. The van der Waals surface area contributed by atoms with Gasteiger partial charge in [-0.05, 0) is 12.1 Å². The van der Waals surface area contributed by atoms with Gasteiger partial charge in [0, 0.05) is 12.4 Å². The van der Waals surface area contributed by atoms with E-state index in [-0.39, 0.29) is 0 Å². The molecule has 0 aliphatic carbocycles. The molecule has 4 heteroatoms. The van der Waals surface area contributed by atoms with Crippen LogP contribution in [0.3, 0.4) is 0 Å². The van der Waals surface area contributed by atoms with E-state index in [0.29, 0.717) is 5.88 Å². The van der Waals surface area contributed by atoms with Gasteiger partial charge in [0.05, 0.1) is 18.7 Å². The van der Waals surface area contributed by atoms with E-state index in [4.69, 9.17) is 16.3 Å². The Morgan fingerprint density at radius 1 is 1.62 bits per heavy atom.